The fourth-order valence-electron chi connectivity index (χ4n) is 1.53. The molecule has 0 fully saturated rings. The molecule has 19 heavy (non-hydrogen) atoms. The van der Waals surface area contributed by atoms with Crippen LogP contribution >= 0.6 is 23.2 Å². The molecule has 6 heteroatoms. The van der Waals surface area contributed by atoms with Crippen molar-refractivity contribution in [3.63, 3.8) is 0 Å². The maximum Gasteiger partial charge on any atom is 0.272 e. The lowest BCUT2D eigenvalue weighted by Gasteiger charge is -2.07. The first-order valence-corrected chi connectivity index (χ1v) is 6.19. The van der Waals surface area contributed by atoms with E-state index >= 15 is 0 Å². The maximum absolute atomic E-state index is 12.0. The van der Waals surface area contributed by atoms with Crippen molar-refractivity contribution in [3.8, 4) is 0 Å². The third-order valence-corrected chi connectivity index (χ3v) is 3.17. The average molecular weight is 297 g/mol. The number of aromatic nitrogens is 1. The molecule has 98 valence electrons. The minimum atomic E-state index is -0.414. The van der Waals surface area contributed by atoms with E-state index in [0.717, 1.165) is 0 Å². The average Bonchev–Trinajstić information content (AvgIpc) is 2.83. The van der Waals surface area contributed by atoms with Crippen LogP contribution in [-0.2, 0) is 0 Å². The fraction of sp³-hybridized carbons (Fsp3) is 0.0769. The summed E-state index contributed by atoms with van der Waals surface area (Å²) in [5, 5.41) is 3.29. The zero-order valence-electron chi connectivity index (χ0n) is 9.96. The highest BCUT2D eigenvalue weighted by Crippen LogP contribution is 2.30. The molecule has 4 nitrogen and oxygen atoms in total. The molecule has 2 N–H and O–H groups in total. The predicted molar refractivity (Wildman–Crippen MR) is 75.2 cm³/mol. The predicted octanol–water partition coefficient (Wildman–Crippen LogP) is 3.78. The van der Waals surface area contributed by atoms with Crippen LogP contribution in [0.2, 0.25) is 10.0 Å². The standard InChI is InChI=1S/C13H10Cl2N2O2/c1-7(18)8-5-11(16-6-8)13(19)17-12-9(14)3-2-4-10(12)15/h2-6,16H,1H3,(H,17,19). The maximum atomic E-state index is 12.0. The van der Waals surface area contributed by atoms with Gasteiger partial charge in [-0.2, -0.15) is 0 Å². The number of carbonyl (C=O) groups excluding carboxylic acids is 2. The van der Waals surface area contributed by atoms with E-state index in [4.69, 9.17) is 23.2 Å². The Morgan fingerprint density at radius 2 is 1.84 bits per heavy atom. The van der Waals surface area contributed by atoms with Gasteiger partial charge in [-0.25, -0.2) is 0 Å². The molecule has 0 aliphatic heterocycles. The van der Waals surface area contributed by atoms with Crippen LogP contribution < -0.4 is 5.32 Å². The monoisotopic (exact) mass is 296 g/mol. The molecule has 0 saturated carbocycles. The number of ketones is 1. The molecule has 1 aromatic heterocycles. The van der Waals surface area contributed by atoms with Gasteiger partial charge in [0.25, 0.3) is 5.91 Å². The number of Topliss-reactive ketones (excluding diaryl/α,β-unsaturated/α-hetero) is 1. The van der Waals surface area contributed by atoms with Crippen molar-refractivity contribution in [2.75, 3.05) is 5.32 Å². The van der Waals surface area contributed by atoms with Crippen LogP contribution in [0.4, 0.5) is 5.69 Å². The van der Waals surface area contributed by atoms with E-state index in [-0.39, 0.29) is 11.5 Å². The Labute approximate surface area is 119 Å². The van der Waals surface area contributed by atoms with E-state index in [0.29, 0.717) is 21.3 Å². The van der Waals surface area contributed by atoms with Crippen LogP contribution in [0.3, 0.4) is 0 Å². The van der Waals surface area contributed by atoms with Crippen molar-refractivity contribution >= 4 is 40.6 Å². The number of rotatable bonds is 3. The number of H-pyrrole nitrogens is 1. The lowest BCUT2D eigenvalue weighted by atomic mass is 10.2. The molecule has 0 saturated heterocycles. The van der Waals surface area contributed by atoms with Gasteiger partial charge >= 0.3 is 0 Å². The van der Waals surface area contributed by atoms with Crippen molar-refractivity contribution in [1.29, 1.82) is 0 Å². The number of nitrogens with one attached hydrogen (secondary N) is 2. The molecule has 0 spiro atoms. The summed E-state index contributed by atoms with van der Waals surface area (Å²) in [4.78, 5) is 25.9. The van der Waals surface area contributed by atoms with E-state index in [9.17, 15) is 9.59 Å². The molecule has 1 amide bonds. The highest BCUT2D eigenvalue weighted by atomic mass is 35.5. The van der Waals surface area contributed by atoms with Crippen LogP contribution in [0.15, 0.2) is 30.5 Å². The number of hydrogen-bond donors (Lipinski definition) is 2. The second kappa shape index (κ2) is 5.47. The number of anilines is 1. The van der Waals surface area contributed by atoms with Gasteiger partial charge in [0, 0.05) is 11.8 Å². The third-order valence-electron chi connectivity index (χ3n) is 2.54. The highest BCUT2D eigenvalue weighted by Gasteiger charge is 2.14. The van der Waals surface area contributed by atoms with Gasteiger partial charge in [-0.3, -0.25) is 9.59 Å². The summed E-state index contributed by atoms with van der Waals surface area (Å²) in [5.41, 5.74) is 1.05. The quantitative estimate of drug-likeness (QED) is 0.847. The Morgan fingerprint density at radius 3 is 2.37 bits per heavy atom. The largest absolute Gasteiger partial charge is 0.356 e. The van der Waals surface area contributed by atoms with Gasteiger partial charge < -0.3 is 10.3 Å². The molecule has 1 heterocycles. The lowest BCUT2D eigenvalue weighted by Crippen LogP contribution is -2.12. The van der Waals surface area contributed by atoms with E-state index in [2.05, 4.69) is 10.3 Å². The zero-order valence-corrected chi connectivity index (χ0v) is 11.5. The molecular formula is C13H10Cl2N2O2. The summed E-state index contributed by atoms with van der Waals surface area (Å²) in [7, 11) is 0. The van der Waals surface area contributed by atoms with E-state index in [1.807, 2.05) is 0 Å². The van der Waals surface area contributed by atoms with E-state index in [1.54, 1.807) is 18.2 Å². The molecule has 0 bridgehead atoms. The molecule has 2 rings (SSSR count). The van der Waals surface area contributed by atoms with Crippen molar-refractivity contribution in [2.24, 2.45) is 0 Å². The molecule has 0 radical (unpaired) electrons. The topological polar surface area (TPSA) is 62.0 Å². The Hall–Kier alpha value is -1.78. The molecule has 0 aliphatic rings. The molecule has 1 aromatic carbocycles. The zero-order chi connectivity index (χ0) is 14.0. The Morgan fingerprint density at radius 1 is 1.21 bits per heavy atom. The lowest BCUT2D eigenvalue weighted by molar-refractivity contribution is 0.101. The van der Waals surface area contributed by atoms with Gasteiger partial charge in [0.05, 0.1) is 15.7 Å². The summed E-state index contributed by atoms with van der Waals surface area (Å²) >= 11 is 11.9. The van der Waals surface area contributed by atoms with Crippen LogP contribution in [0, 0.1) is 0 Å². The first kappa shape index (κ1) is 13.6. The second-order valence-electron chi connectivity index (χ2n) is 3.91. The summed E-state index contributed by atoms with van der Waals surface area (Å²) in [6.07, 6.45) is 1.48. The van der Waals surface area contributed by atoms with Crippen molar-refractivity contribution in [3.05, 3.63) is 51.8 Å². The number of para-hydroxylation sites is 1. The first-order valence-electron chi connectivity index (χ1n) is 5.43. The van der Waals surface area contributed by atoms with Crippen LogP contribution in [0.25, 0.3) is 0 Å². The number of amides is 1. The van der Waals surface area contributed by atoms with Gasteiger partial charge in [-0.1, -0.05) is 29.3 Å². The Kier molecular flexibility index (Phi) is 3.93. The molecule has 2 aromatic rings. The van der Waals surface area contributed by atoms with Crippen LogP contribution in [0.1, 0.15) is 27.8 Å². The molecule has 0 aliphatic carbocycles. The number of aromatic amines is 1. The molecule has 0 atom stereocenters. The summed E-state index contributed by atoms with van der Waals surface area (Å²) in [6.45, 7) is 1.43. The van der Waals surface area contributed by atoms with Gasteiger partial charge in [-0.05, 0) is 25.1 Å². The minimum Gasteiger partial charge on any atom is -0.356 e. The van der Waals surface area contributed by atoms with Gasteiger partial charge in [0.1, 0.15) is 5.69 Å². The van der Waals surface area contributed by atoms with Gasteiger partial charge in [0.15, 0.2) is 5.78 Å². The minimum absolute atomic E-state index is 0.119. The van der Waals surface area contributed by atoms with Crippen LogP contribution in [0.5, 0.6) is 0 Å². The fourth-order valence-corrected chi connectivity index (χ4v) is 2.02. The number of halogens is 2. The first-order chi connectivity index (χ1) is 8.99. The SMILES string of the molecule is CC(=O)c1c[nH]c(C(=O)Nc2c(Cl)cccc2Cl)c1. The summed E-state index contributed by atoms with van der Waals surface area (Å²) < 4.78 is 0. The van der Waals surface area contributed by atoms with Gasteiger partial charge in [0.2, 0.25) is 0 Å². The van der Waals surface area contributed by atoms with Crippen LogP contribution in [-0.4, -0.2) is 16.7 Å². The number of benzene rings is 1. The number of carbonyl (C=O) groups is 2. The third kappa shape index (κ3) is 2.97. The normalized spacial score (nSPS) is 10.3. The van der Waals surface area contributed by atoms with E-state index in [1.165, 1.54) is 19.2 Å². The second-order valence-corrected chi connectivity index (χ2v) is 4.72. The Balaban J connectivity index is 2.23. The van der Waals surface area contributed by atoms with Gasteiger partial charge in [-0.15, -0.1) is 0 Å². The molecular weight excluding hydrogens is 287 g/mol. The molecule has 0 unspecified atom stereocenters. The Bertz CT molecular complexity index is 630. The summed E-state index contributed by atoms with van der Waals surface area (Å²) in [6, 6.07) is 6.41. The number of hydrogen-bond acceptors (Lipinski definition) is 2. The highest BCUT2D eigenvalue weighted by molar-refractivity contribution is 6.40. The van der Waals surface area contributed by atoms with Crippen molar-refractivity contribution in [2.45, 2.75) is 6.92 Å². The van der Waals surface area contributed by atoms with Crippen molar-refractivity contribution in [1.82, 2.24) is 4.98 Å². The van der Waals surface area contributed by atoms with Crippen molar-refractivity contribution < 1.29 is 9.59 Å². The van der Waals surface area contributed by atoms with E-state index < -0.39 is 5.91 Å². The summed E-state index contributed by atoms with van der Waals surface area (Å²) in [5.74, 6) is -0.534. The smallest absolute Gasteiger partial charge is 0.272 e.